The number of rotatable bonds is 6. The summed E-state index contributed by atoms with van der Waals surface area (Å²) in [5.41, 5.74) is 1.38. The quantitative estimate of drug-likeness (QED) is 0.777. The SMILES string of the molecule is CCS(=O)(=O)N1CCCC(C(=O)Nc2ccc3c(ccn3CC(=O)O)c2)C1. The first-order valence-electron chi connectivity index (χ1n) is 8.89. The molecule has 0 aliphatic carbocycles. The van der Waals surface area contributed by atoms with Crippen LogP contribution in [-0.2, 0) is 26.2 Å². The Kier molecular flexibility index (Phi) is 5.52. The Balaban J connectivity index is 1.71. The molecule has 0 saturated carbocycles. The number of benzene rings is 1. The van der Waals surface area contributed by atoms with Crippen molar-refractivity contribution in [2.45, 2.75) is 26.3 Å². The van der Waals surface area contributed by atoms with Gasteiger partial charge in [0.1, 0.15) is 6.54 Å². The summed E-state index contributed by atoms with van der Waals surface area (Å²) in [7, 11) is -3.29. The van der Waals surface area contributed by atoms with Crippen molar-refractivity contribution in [2.75, 3.05) is 24.2 Å². The first-order valence-corrected chi connectivity index (χ1v) is 10.5. The number of hydrogen-bond acceptors (Lipinski definition) is 4. The third-order valence-corrected chi connectivity index (χ3v) is 6.71. The number of anilines is 1. The molecule has 0 bridgehead atoms. The van der Waals surface area contributed by atoms with E-state index in [1.807, 2.05) is 0 Å². The van der Waals surface area contributed by atoms with Gasteiger partial charge in [0.25, 0.3) is 0 Å². The number of fused-ring (bicyclic) bond motifs is 1. The molecule has 0 radical (unpaired) electrons. The maximum absolute atomic E-state index is 12.6. The second-order valence-corrected chi connectivity index (χ2v) is 8.96. The minimum atomic E-state index is -3.29. The Morgan fingerprint density at radius 2 is 2.07 bits per heavy atom. The van der Waals surface area contributed by atoms with Gasteiger partial charge >= 0.3 is 5.97 Å². The van der Waals surface area contributed by atoms with Gasteiger partial charge in [-0.3, -0.25) is 9.59 Å². The number of aliphatic carboxylic acids is 1. The second-order valence-electron chi connectivity index (χ2n) is 6.70. The predicted octanol–water partition coefficient (Wildman–Crippen LogP) is 1.73. The Hall–Kier alpha value is -2.39. The molecule has 2 aromatic rings. The maximum Gasteiger partial charge on any atom is 0.323 e. The topological polar surface area (TPSA) is 109 Å². The van der Waals surface area contributed by atoms with Crippen LogP contribution in [0.2, 0.25) is 0 Å². The molecule has 1 saturated heterocycles. The van der Waals surface area contributed by atoms with Gasteiger partial charge in [-0.15, -0.1) is 0 Å². The van der Waals surface area contributed by atoms with E-state index in [0.29, 0.717) is 25.1 Å². The van der Waals surface area contributed by atoms with Crippen molar-refractivity contribution in [1.82, 2.24) is 8.87 Å². The molecule has 1 fully saturated rings. The molecular weight excluding hydrogens is 370 g/mol. The smallest absolute Gasteiger partial charge is 0.323 e. The number of carboxylic acids is 1. The number of nitrogens with zero attached hydrogens (tertiary/aromatic N) is 2. The van der Waals surface area contributed by atoms with Crippen LogP contribution in [0.3, 0.4) is 0 Å². The zero-order valence-corrected chi connectivity index (χ0v) is 15.9. The summed E-state index contributed by atoms with van der Waals surface area (Å²) in [6.45, 7) is 2.14. The number of carboxylic acid groups (broad SMARTS) is 1. The summed E-state index contributed by atoms with van der Waals surface area (Å²) in [5.74, 6) is -1.47. The third kappa shape index (κ3) is 4.30. The van der Waals surface area contributed by atoms with Crippen LogP contribution in [0.4, 0.5) is 5.69 Å². The van der Waals surface area contributed by atoms with E-state index in [1.54, 1.807) is 42.0 Å². The molecule has 2 heterocycles. The van der Waals surface area contributed by atoms with Gasteiger partial charge < -0.3 is 15.0 Å². The molecule has 2 N–H and O–H groups in total. The zero-order valence-electron chi connectivity index (χ0n) is 15.1. The summed E-state index contributed by atoms with van der Waals surface area (Å²) in [6, 6.07) is 7.07. The number of carbonyl (C=O) groups is 2. The fourth-order valence-electron chi connectivity index (χ4n) is 3.40. The highest BCUT2D eigenvalue weighted by molar-refractivity contribution is 7.89. The molecule has 9 heteroatoms. The van der Waals surface area contributed by atoms with Crippen LogP contribution in [0.25, 0.3) is 10.9 Å². The average Bonchev–Trinajstić information content (AvgIpc) is 3.03. The zero-order chi connectivity index (χ0) is 19.6. The van der Waals surface area contributed by atoms with Crippen molar-refractivity contribution in [3.8, 4) is 0 Å². The monoisotopic (exact) mass is 393 g/mol. The molecule has 1 amide bonds. The van der Waals surface area contributed by atoms with Crippen molar-refractivity contribution in [3.63, 3.8) is 0 Å². The number of amides is 1. The molecule has 0 spiro atoms. The summed E-state index contributed by atoms with van der Waals surface area (Å²) >= 11 is 0. The molecular formula is C18H23N3O5S. The lowest BCUT2D eigenvalue weighted by atomic mass is 9.98. The van der Waals surface area contributed by atoms with E-state index in [9.17, 15) is 18.0 Å². The van der Waals surface area contributed by atoms with Gasteiger partial charge in [-0.2, -0.15) is 0 Å². The van der Waals surface area contributed by atoms with Gasteiger partial charge in [0, 0.05) is 35.9 Å². The number of piperidine rings is 1. The van der Waals surface area contributed by atoms with Gasteiger partial charge in [-0.05, 0) is 44.0 Å². The molecule has 1 aliphatic heterocycles. The minimum Gasteiger partial charge on any atom is -0.480 e. The number of nitrogens with one attached hydrogen (secondary N) is 1. The van der Waals surface area contributed by atoms with Crippen LogP contribution in [0.15, 0.2) is 30.5 Å². The molecule has 27 heavy (non-hydrogen) atoms. The van der Waals surface area contributed by atoms with E-state index < -0.39 is 16.0 Å². The molecule has 146 valence electrons. The van der Waals surface area contributed by atoms with Gasteiger partial charge in [0.15, 0.2) is 0 Å². The van der Waals surface area contributed by atoms with E-state index in [-0.39, 0.29) is 30.7 Å². The van der Waals surface area contributed by atoms with E-state index in [1.165, 1.54) is 4.31 Å². The Morgan fingerprint density at radius 3 is 2.78 bits per heavy atom. The number of sulfonamides is 1. The van der Waals surface area contributed by atoms with E-state index >= 15 is 0 Å². The van der Waals surface area contributed by atoms with Gasteiger partial charge in [0.2, 0.25) is 15.9 Å². The van der Waals surface area contributed by atoms with Crippen LogP contribution in [0, 0.1) is 5.92 Å². The van der Waals surface area contributed by atoms with E-state index in [2.05, 4.69) is 5.32 Å². The van der Waals surface area contributed by atoms with Crippen molar-refractivity contribution in [2.24, 2.45) is 5.92 Å². The lowest BCUT2D eigenvalue weighted by molar-refractivity contribution is -0.137. The van der Waals surface area contributed by atoms with Crippen LogP contribution in [0.5, 0.6) is 0 Å². The third-order valence-electron chi connectivity index (χ3n) is 4.86. The van der Waals surface area contributed by atoms with E-state index in [0.717, 1.165) is 10.9 Å². The molecule has 1 aliphatic rings. The summed E-state index contributed by atoms with van der Waals surface area (Å²) < 4.78 is 27.1. The maximum atomic E-state index is 12.6. The highest BCUT2D eigenvalue weighted by atomic mass is 32.2. The molecule has 8 nitrogen and oxygen atoms in total. The standard InChI is InChI=1S/C18H23N3O5S/c1-2-27(25,26)21-8-3-4-14(11-21)18(24)19-15-5-6-16-13(10-15)7-9-20(16)12-17(22)23/h5-7,9-10,14H,2-4,8,11-12H2,1H3,(H,19,24)(H,22,23). The fraction of sp³-hybridized carbons (Fsp3) is 0.444. The van der Waals surface area contributed by atoms with Crippen LogP contribution in [-0.4, -0.2) is 53.1 Å². The summed E-state index contributed by atoms with van der Waals surface area (Å²) in [5, 5.41) is 12.6. The normalized spacial score (nSPS) is 18.5. The Morgan fingerprint density at radius 1 is 1.30 bits per heavy atom. The van der Waals surface area contributed by atoms with Crippen molar-refractivity contribution >= 4 is 38.5 Å². The Bertz CT molecular complexity index is 967. The molecule has 3 rings (SSSR count). The highest BCUT2D eigenvalue weighted by Crippen LogP contribution is 2.24. The Labute approximate surface area is 157 Å². The lowest BCUT2D eigenvalue weighted by Crippen LogP contribution is -2.44. The molecule has 1 atom stereocenters. The molecule has 1 aromatic heterocycles. The van der Waals surface area contributed by atoms with Gasteiger partial charge in [-0.1, -0.05) is 0 Å². The van der Waals surface area contributed by atoms with Gasteiger partial charge in [-0.25, -0.2) is 12.7 Å². The molecule has 1 unspecified atom stereocenters. The lowest BCUT2D eigenvalue weighted by Gasteiger charge is -2.30. The number of carbonyl (C=O) groups excluding carboxylic acids is 1. The predicted molar refractivity (Wildman–Crippen MR) is 102 cm³/mol. The second kappa shape index (κ2) is 7.69. The highest BCUT2D eigenvalue weighted by Gasteiger charge is 2.31. The van der Waals surface area contributed by atoms with Crippen molar-refractivity contribution in [3.05, 3.63) is 30.5 Å². The minimum absolute atomic E-state index is 0.0331. The van der Waals surface area contributed by atoms with Crippen molar-refractivity contribution < 1.29 is 23.1 Å². The van der Waals surface area contributed by atoms with Crippen LogP contribution in [0.1, 0.15) is 19.8 Å². The van der Waals surface area contributed by atoms with Crippen molar-refractivity contribution in [1.29, 1.82) is 0 Å². The average molecular weight is 393 g/mol. The van der Waals surface area contributed by atoms with Crippen LogP contribution < -0.4 is 5.32 Å². The summed E-state index contributed by atoms with van der Waals surface area (Å²) in [4.78, 5) is 23.5. The summed E-state index contributed by atoms with van der Waals surface area (Å²) in [6.07, 6.45) is 3.01. The first-order chi connectivity index (χ1) is 12.8. The molecule has 1 aromatic carbocycles. The number of aromatic nitrogens is 1. The number of hydrogen-bond donors (Lipinski definition) is 2. The van der Waals surface area contributed by atoms with E-state index in [4.69, 9.17) is 5.11 Å². The first kappa shape index (κ1) is 19.4. The van der Waals surface area contributed by atoms with Gasteiger partial charge in [0.05, 0.1) is 11.7 Å². The largest absolute Gasteiger partial charge is 0.480 e. The fourth-order valence-corrected chi connectivity index (χ4v) is 4.58. The van der Waals surface area contributed by atoms with Crippen LogP contribution >= 0.6 is 0 Å².